The largest absolute Gasteiger partial charge is 0.504 e. The molecule has 7 aliphatic rings. The number of phenols is 1. The summed E-state index contributed by atoms with van der Waals surface area (Å²) in [6.45, 7) is 7.16. The molecule has 8 atom stereocenters. The van der Waals surface area contributed by atoms with Crippen LogP contribution >= 0.6 is 11.8 Å². The van der Waals surface area contributed by atoms with E-state index in [1.165, 1.54) is 18.7 Å². The first-order valence-corrected chi connectivity index (χ1v) is 20.7. The van der Waals surface area contributed by atoms with Gasteiger partial charge in [-0.25, -0.2) is 4.79 Å². The number of carbonyl (C=O) groups excluding carboxylic acids is 2. The molecule has 1 spiro atoms. The van der Waals surface area contributed by atoms with E-state index in [-0.39, 0.29) is 43.5 Å². The van der Waals surface area contributed by atoms with Gasteiger partial charge >= 0.3 is 11.9 Å². The first-order chi connectivity index (χ1) is 27.9. The highest BCUT2D eigenvalue weighted by molar-refractivity contribution is 7.99. The summed E-state index contributed by atoms with van der Waals surface area (Å²) in [5, 5.41) is 27.3. The Kier molecular flexibility index (Phi) is 8.53. The molecule has 0 amide bonds. The van der Waals surface area contributed by atoms with Gasteiger partial charge in [0.25, 0.3) is 0 Å². The molecular formula is C43H45N5O9S. The Balaban J connectivity index is 1.26. The quantitative estimate of drug-likeness (QED) is 0.192. The van der Waals surface area contributed by atoms with Crippen molar-refractivity contribution in [2.24, 2.45) is 5.73 Å². The van der Waals surface area contributed by atoms with Crippen LogP contribution in [-0.2, 0) is 32.7 Å². The molecule has 0 unspecified atom stereocenters. The molecule has 4 bridgehead atoms. The van der Waals surface area contributed by atoms with E-state index in [0.29, 0.717) is 69.4 Å². The lowest BCUT2D eigenvalue weighted by atomic mass is 9.71. The predicted molar refractivity (Wildman–Crippen MR) is 212 cm³/mol. The van der Waals surface area contributed by atoms with Crippen LogP contribution in [0.5, 0.6) is 28.7 Å². The Morgan fingerprint density at radius 2 is 1.91 bits per heavy atom. The Morgan fingerprint density at radius 3 is 2.66 bits per heavy atom. The van der Waals surface area contributed by atoms with Crippen molar-refractivity contribution in [2.45, 2.75) is 87.6 Å². The van der Waals surface area contributed by atoms with E-state index in [0.717, 1.165) is 27.6 Å². The summed E-state index contributed by atoms with van der Waals surface area (Å²) in [5.41, 5.74) is 12.0. The summed E-state index contributed by atoms with van der Waals surface area (Å²) in [6, 6.07) is 7.67. The van der Waals surface area contributed by atoms with Gasteiger partial charge in [0.2, 0.25) is 6.79 Å². The summed E-state index contributed by atoms with van der Waals surface area (Å²) < 4.78 is 37.5. The summed E-state index contributed by atoms with van der Waals surface area (Å²) >= 11 is 1.49. The maximum Gasteiger partial charge on any atom is 0.335 e. The predicted octanol–water partition coefficient (Wildman–Crippen LogP) is 4.65. The second kappa shape index (κ2) is 13.3. The maximum absolute atomic E-state index is 15.1. The molecule has 7 aliphatic heterocycles. The van der Waals surface area contributed by atoms with E-state index in [4.69, 9.17) is 33.8 Å². The van der Waals surface area contributed by atoms with Gasteiger partial charge in [-0.3, -0.25) is 19.9 Å². The topological polar surface area (TPSA) is 182 Å². The Hall–Kier alpha value is -4.98. The summed E-state index contributed by atoms with van der Waals surface area (Å²) in [4.78, 5) is 32.5. The molecule has 0 saturated carbocycles. The van der Waals surface area contributed by atoms with Crippen LogP contribution < -0.4 is 30.0 Å². The number of thioether (sulfide) groups is 1. The number of aryl methyl sites for hydroxylation is 2. The third-order valence-corrected chi connectivity index (χ3v) is 14.7. The number of rotatable bonds is 3. The number of nitrogens with zero attached hydrogens (tertiary/aromatic N) is 3. The molecule has 58 heavy (non-hydrogen) atoms. The Morgan fingerprint density at radius 1 is 1.12 bits per heavy atom. The zero-order valence-corrected chi connectivity index (χ0v) is 34.0. The van der Waals surface area contributed by atoms with Crippen molar-refractivity contribution in [3.63, 3.8) is 0 Å². The lowest BCUT2D eigenvalue weighted by Crippen LogP contribution is -2.69. The minimum atomic E-state index is -1.46. The van der Waals surface area contributed by atoms with E-state index in [1.807, 2.05) is 40.0 Å². The molecule has 3 aromatic carbocycles. The molecule has 8 heterocycles. The number of carbonyl (C=O) groups is 2. The number of hydrogen-bond donors (Lipinski definition) is 3. The first kappa shape index (κ1) is 37.3. The molecule has 15 heteroatoms. The number of nitrogens with two attached hydrogens (primary N) is 1. The molecule has 4 aromatic rings. The fourth-order valence-corrected chi connectivity index (χ4v) is 12.6. The number of piperazine rings is 1. The van der Waals surface area contributed by atoms with Gasteiger partial charge in [-0.15, -0.1) is 11.8 Å². The van der Waals surface area contributed by atoms with Crippen molar-refractivity contribution in [1.82, 2.24) is 15.1 Å². The molecule has 4 N–H and O–H groups in total. The average molecular weight is 808 g/mol. The van der Waals surface area contributed by atoms with Gasteiger partial charge in [0.1, 0.15) is 29.7 Å². The molecular weight excluding hydrogens is 763 g/mol. The van der Waals surface area contributed by atoms with Crippen LogP contribution in [0, 0.1) is 32.1 Å². The van der Waals surface area contributed by atoms with Crippen molar-refractivity contribution in [3.05, 3.63) is 74.5 Å². The smallest absolute Gasteiger partial charge is 0.335 e. The number of hydrogen-bond acceptors (Lipinski definition) is 15. The van der Waals surface area contributed by atoms with Crippen LogP contribution in [0.4, 0.5) is 0 Å². The third-order valence-electron chi connectivity index (χ3n) is 13.3. The summed E-state index contributed by atoms with van der Waals surface area (Å²) in [6.07, 6.45) is 1.05. The van der Waals surface area contributed by atoms with E-state index in [2.05, 4.69) is 33.3 Å². The molecule has 1 aromatic heterocycles. The highest BCUT2D eigenvalue weighted by Crippen LogP contribution is 2.64. The monoisotopic (exact) mass is 807 g/mol. The third kappa shape index (κ3) is 4.99. The second-order valence-corrected chi connectivity index (χ2v) is 17.6. The van der Waals surface area contributed by atoms with Gasteiger partial charge in [0.15, 0.2) is 28.5 Å². The zero-order valence-electron chi connectivity index (χ0n) is 33.1. The second-order valence-electron chi connectivity index (χ2n) is 16.4. The van der Waals surface area contributed by atoms with Crippen molar-refractivity contribution in [2.75, 3.05) is 39.9 Å². The lowest BCUT2D eigenvalue weighted by Gasteiger charge is -2.62. The summed E-state index contributed by atoms with van der Waals surface area (Å²) in [7, 11) is 3.55. The molecule has 11 rings (SSSR count). The van der Waals surface area contributed by atoms with Crippen LogP contribution in [-0.4, -0.2) is 90.9 Å². The highest BCUT2D eigenvalue weighted by atomic mass is 32.2. The van der Waals surface area contributed by atoms with Crippen LogP contribution in [0.2, 0.25) is 0 Å². The van der Waals surface area contributed by atoms with Crippen molar-refractivity contribution >= 4 is 34.7 Å². The first-order valence-electron chi connectivity index (χ1n) is 19.6. The van der Waals surface area contributed by atoms with Gasteiger partial charge in [0, 0.05) is 70.6 Å². The number of nitriles is 1. The minimum Gasteiger partial charge on any atom is -0.504 e. The maximum atomic E-state index is 15.1. The summed E-state index contributed by atoms with van der Waals surface area (Å²) in [5.74, 6) is 1.26. The number of esters is 2. The Labute approximate surface area is 339 Å². The van der Waals surface area contributed by atoms with E-state index >= 15 is 4.79 Å². The molecule has 14 nitrogen and oxygen atoms in total. The van der Waals surface area contributed by atoms with Crippen molar-refractivity contribution in [3.8, 4) is 34.8 Å². The zero-order chi connectivity index (χ0) is 40.5. The number of ether oxygens (including phenoxy) is 5. The molecule has 0 aliphatic carbocycles. The van der Waals surface area contributed by atoms with Gasteiger partial charge in [-0.05, 0) is 63.9 Å². The normalized spacial score (nSPS) is 29.6. The Bertz CT molecular complexity index is 2500. The number of likely N-dealkylation sites (N-methyl/N-ethyl adjacent to an activating group) is 1. The van der Waals surface area contributed by atoms with Gasteiger partial charge < -0.3 is 38.9 Å². The molecule has 2 saturated heterocycles. The number of methoxy groups -OCH3 is 1. The standard InChI is InChI=1S/C43H45N5O9S/c1-18-7-8-29-24(9-18)25-12-23(13-44)46-43(41(25)57-29)16-58-40-32-31(39-38(54-17-55-39)20(3)37(32)56-21(4)49)28(15-53-42(43)51)48-27(14-45)26-11-22-10-19(2)36(52-6)35(50)30(22)33(34(40)48)47(26)5/h7-10,23,26-28,33-34,40,46,50H,11-13,15-17,44H2,1-6H3/t23-,26+,27+,28+,33+,34-,40-,43-/m1/s1. The number of furan rings is 1. The van der Waals surface area contributed by atoms with Gasteiger partial charge in [-0.2, -0.15) is 5.26 Å². The number of phenolic OH excluding ortho intramolecular Hbond substituents is 1. The van der Waals surface area contributed by atoms with E-state index in [9.17, 15) is 15.2 Å². The van der Waals surface area contributed by atoms with Gasteiger partial charge in [-0.1, -0.05) is 17.7 Å². The van der Waals surface area contributed by atoms with Gasteiger partial charge in [0.05, 0.1) is 30.5 Å². The van der Waals surface area contributed by atoms with Crippen LogP contribution in [0.3, 0.4) is 0 Å². The van der Waals surface area contributed by atoms with Crippen LogP contribution in [0.25, 0.3) is 11.0 Å². The number of benzene rings is 3. The van der Waals surface area contributed by atoms with E-state index < -0.39 is 46.9 Å². The highest BCUT2D eigenvalue weighted by Gasteiger charge is 2.62. The molecule has 2 fully saturated rings. The van der Waals surface area contributed by atoms with Crippen LogP contribution in [0.15, 0.2) is 28.7 Å². The minimum absolute atomic E-state index is 0.0493. The lowest BCUT2D eigenvalue weighted by molar-refractivity contribution is -0.158. The van der Waals surface area contributed by atoms with E-state index in [1.54, 1.807) is 7.11 Å². The number of nitrogens with one attached hydrogen (secondary N) is 1. The molecule has 302 valence electrons. The van der Waals surface area contributed by atoms with Crippen molar-refractivity contribution < 1.29 is 42.8 Å². The van der Waals surface area contributed by atoms with Crippen LogP contribution in [0.1, 0.15) is 74.5 Å². The number of aromatic hydroxyl groups is 1. The fourth-order valence-electron chi connectivity index (χ4n) is 10.9. The fraction of sp³-hybridized carbons (Fsp3) is 0.465. The van der Waals surface area contributed by atoms with Crippen molar-refractivity contribution in [1.29, 1.82) is 5.26 Å². The average Bonchev–Trinajstić information content (AvgIpc) is 3.83. The molecule has 0 radical (unpaired) electrons. The SMILES string of the molecule is COc1c(C)cc2c(c1O)[C@H]1[C@@H]3[C@@H]4SC[C@]5(N[C@@H](CN)Cc6c5oc5ccc(C)cc65)C(=O)OC[C@@H](c5c6c(c(C)c(OC(C)=O)c54)OCO6)N3[C@@H](C#N)[C@H](C2)N1C. The number of fused-ring (bicyclic) bond motifs is 11.